The molecule has 4 aliphatic rings. The molecule has 3 aliphatic heterocycles. The summed E-state index contributed by atoms with van der Waals surface area (Å²) in [5.41, 5.74) is 4.94. The van der Waals surface area contributed by atoms with Crippen LogP contribution in [0.2, 0.25) is 0 Å². The van der Waals surface area contributed by atoms with Gasteiger partial charge in [-0.2, -0.15) is 0 Å². The molecular weight excluding hydrogens is 438 g/mol. The van der Waals surface area contributed by atoms with E-state index in [1.165, 1.54) is 31.2 Å². The summed E-state index contributed by atoms with van der Waals surface area (Å²) >= 11 is 0. The number of likely N-dealkylation sites (tertiary alicyclic amines) is 1. The average molecular weight is 478 g/mol. The Morgan fingerprint density at radius 3 is 2.69 bits per heavy atom. The average Bonchev–Trinajstić information content (AvgIpc) is 3.49. The number of amides is 1. The van der Waals surface area contributed by atoms with Gasteiger partial charge in [-0.05, 0) is 56.9 Å². The molecule has 3 fully saturated rings. The Morgan fingerprint density at radius 2 is 1.86 bits per heavy atom. The summed E-state index contributed by atoms with van der Waals surface area (Å²) in [6.45, 7) is 3.95. The standard InChI is InChI=1S/C27H39N7O/c1-19-28-26-22-10-5-6-11-23(22)33-24(29-30-27(33)34(26)31-19)12-7-13-25(35)32-16-14-21(15-17-32)18-20-8-3-2-4-9-20/h2-4,8-9,19,21-23,26,28,31H,5-7,10-18H2,1H3. The van der Waals surface area contributed by atoms with Gasteiger partial charge in [0.2, 0.25) is 11.9 Å². The second kappa shape index (κ2) is 9.90. The van der Waals surface area contributed by atoms with Crippen molar-refractivity contribution in [2.24, 2.45) is 11.8 Å². The number of piperidine rings is 1. The number of hydrazine groups is 1. The number of rotatable bonds is 6. The number of aromatic nitrogens is 3. The van der Waals surface area contributed by atoms with Crippen LogP contribution in [0.15, 0.2) is 30.3 Å². The predicted octanol–water partition coefficient (Wildman–Crippen LogP) is 3.41. The predicted molar refractivity (Wildman–Crippen MR) is 135 cm³/mol. The van der Waals surface area contributed by atoms with Gasteiger partial charge in [-0.1, -0.05) is 43.2 Å². The highest BCUT2D eigenvalue weighted by molar-refractivity contribution is 5.76. The van der Waals surface area contributed by atoms with E-state index in [2.05, 4.69) is 72.7 Å². The van der Waals surface area contributed by atoms with Crippen LogP contribution in [0.25, 0.3) is 0 Å². The van der Waals surface area contributed by atoms with Crippen LogP contribution in [0.5, 0.6) is 0 Å². The van der Waals surface area contributed by atoms with E-state index in [0.29, 0.717) is 36.4 Å². The molecule has 4 unspecified atom stereocenters. The fourth-order valence-corrected chi connectivity index (χ4v) is 6.86. The first-order valence-electron chi connectivity index (χ1n) is 13.7. The maximum absolute atomic E-state index is 13.0. The summed E-state index contributed by atoms with van der Waals surface area (Å²) in [5, 5.41) is 15.1. The molecule has 8 nitrogen and oxygen atoms in total. The van der Waals surface area contributed by atoms with Crippen LogP contribution in [0.1, 0.15) is 75.7 Å². The van der Waals surface area contributed by atoms with Crippen molar-refractivity contribution in [1.29, 1.82) is 0 Å². The van der Waals surface area contributed by atoms with Crippen molar-refractivity contribution >= 4 is 11.9 Å². The maximum Gasteiger partial charge on any atom is 0.243 e. The third-order valence-corrected chi connectivity index (χ3v) is 8.64. The van der Waals surface area contributed by atoms with Crippen molar-refractivity contribution in [3.8, 4) is 0 Å². The third-order valence-electron chi connectivity index (χ3n) is 8.64. The SMILES string of the molecule is CC1NC2C3CCCCC3n3c(CCCC(=O)N4CCC(Cc5ccccc5)CC4)nnc3N2N1. The fourth-order valence-electron chi connectivity index (χ4n) is 6.86. The molecule has 6 rings (SSSR count). The Hall–Kier alpha value is -2.45. The van der Waals surface area contributed by atoms with Gasteiger partial charge in [0.1, 0.15) is 12.0 Å². The van der Waals surface area contributed by atoms with E-state index >= 15 is 0 Å². The molecule has 0 spiro atoms. The van der Waals surface area contributed by atoms with Gasteiger partial charge in [-0.3, -0.25) is 19.7 Å². The lowest BCUT2D eigenvalue weighted by molar-refractivity contribution is -0.132. The largest absolute Gasteiger partial charge is 0.343 e. The van der Waals surface area contributed by atoms with Crippen molar-refractivity contribution in [2.75, 3.05) is 18.1 Å². The van der Waals surface area contributed by atoms with Gasteiger partial charge in [0.05, 0.1) is 6.17 Å². The Morgan fingerprint density at radius 1 is 1.06 bits per heavy atom. The molecule has 4 heterocycles. The Balaban J connectivity index is 1.03. The Bertz CT molecular complexity index is 1020. The minimum Gasteiger partial charge on any atom is -0.343 e. The number of hydrogen-bond donors (Lipinski definition) is 2. The molecule has 1 aromatic heterocycles. The molecule has 1 amide bonds. The Kier molecular flexibility index (Phi) is 6.50. The van der Waals surface area contributed by atoms with Gasteiger partial charge in [0.25, 0.3) is 0 Å². The lowest BCUT2D eigenvalue weighted by Crippen LogP contribution is -2.53. The highest BCUT2D eigenvalue weighted by atomic mass is 16.2. The van der Waals surface area contributed by atoms with Gasteiger partial charge in [0, 0.05) is 37.9 Å². The van der Waals surface area contributed by atoms with Crippen LogP contribution >= 0.6 is 0 Å². The molecule has 0 bridgehead atoms. The molecule has 1 saturated carbocycles. The quantitative estimate of drug-likeness (QED) is 0.664. The Labute approximate surface area is 208 Å². The number of anilines is 1. The lowest BCUT2D eigenvalue weighted by Gasteiger charge is -2.44. The molecule has 1 aromatic carbocycles. The smallest absolute Gasteiger partial charge is 0.243 e. The van der Waals surface area contributed by atoms with Gasteiger partial charge >= 0.3 is 0 Å². The zero-order valence-electron chi connectivity index (χ0n) is 20.9. The first kappa shape index (κ1) is 23.0. The number of benzene rings is 1. The first-order valence-corrected chi connectivity index (χ1v) is 13.7. The van der Waals surface area contributed by atoms with E-state index in [1.807, 2.05) is 0 Å². The molecule has 4 atom stereocenters. The van der Waals surface area contributed by atoms with E-state index in [4.69, 9.17) is 0 Å². The summed E-state index contributed by atoms with van der Waals surface area (Å²) in [6, 6.07) is 11.2. The minimum absolute atomic E-state index is 0.240. The van der Waals surface area contributed by atoms with Crippen LogP contribution in [-0.2, 0) is 17.6 Å². The summed E-state index contributed by atoms with van der Waals surface area (Å²) in [4.78, 5) is 15.0. The second-order valence-corrected chi connectivity index (χ2v) is 11.0. The van der Waals surface area contributed by atoms with E-state index in [1.54, 1.807) is 0 Å². The molecule has 2 N–H and O–H groups in total. The van der Waals surface area contributed by atoms with Gasteiger partial charge in [-0.15, -0.1) is 10.2 Å². The summed E-state index contributed by atoms with van der Waals surface area (Å²) in [7, 11) is 0. The van der Waals surface area contributed by atoms with Crippen LogP contribution in [0.3, 0.4) is 0 Å². The van der Waals surface area contributed by atoms with Crippen molar-refractivity contribution in [3.05, 3.63) is 41.7 Å². The van der Waals surface area contributed by atoms with E-state index in [9.17, 15) is 4.79 Å². The van der Waals surface area contributed by atoms with E-state index < -0.39 is 0 Å². The summed E-state index contributed by atoms with van der Waals surface area (Å²) in [5.74, 6) is 3.55. The number of nitrogens with zero attached hydrogens (tertiary/aromatic N) is 5. The zero-order valence-corrected chi connectivity index (χ0v) is 20.9. The number of aryl methyl sites for hydroxylation is 1. The molecule has 0 radical (unpaired) electrons. The van der Waals surface area contributed by atoms with E-state index in [-0.39, 0.29) is 6.17 Å². The number of nitrogens with one attached hydrogen (secondary N) is 2. The molecule has 188 valence electrons. The van der Waals surface area contributed by atoms with Gasteiger partial charge < -0.3 is 4.90 Å². The molecular formula is C27H39N7O. The van der Waals surface area contributed by atoms with Crippen molar-refractivity contribution in [2.45, 2.75) is 89.5 Å². The van der Waals surface area contributed by atoms with Gasteiger partial charge in [-0.25, -0.2) is 5.43 Å². The number of fused-ring (bicyclic) bond motifs is 6. The zero-order chi connectivity index (χ0) is 23.8. The number of hydrogen-bond acceptors (Lipinski definition) is 6. The number of carbonyl (C=O) groups is 1. The van der Waals surface area contributed by atoms with Crippen molar-refractivity contribution in [3.63, 3.8) is 0 Å². The monoisotopic (exact) mass is 477 g/mol. The molecule has 8 heteroatoms. The highest BCUT2D eigenvalue weighted by Crippen LogP contribution is 2.44. The number of carbonyl (C=O) groups excluding carboxylic acids is 1. The van der Waals surface area contributed by atoms with E-state index in [0.717, 1.165) is 57.0 Å². The topological polar surface area (TPSA) is 78.3 Å². The van der Waals surface area contributed by atoms with Crippen LogP contribution < -0.4 is 15.8 Å². The highest BCUT2D eigenvalue weighted by Gasteiger charge is 2.47. The lowest BCUT2D eigenvalue weighted by atomic mass is 9.81. The summed E-state index contributed by atoms with van der Waals surface area (Å²) in [6.07, 6.45) is 11.1. The van der Waals surface area contributed by atoms with Crippen molar-refractivity contribution < 1.29 is 4.79 Å². The first-order chi connectivity index (χ1) is 17.2. The van der Waals surface area contributed by atoms with Crippen LogP contribution in [0, 0.1) is 11.8 Å². The normalized spacial score (nSPS) is 28.5. The van der Waals surface area contributed by atoms with Crippen molar-refractivity contribution in [1.82, 2.24) is 30.4 Å². The fraction of sp³-hybridized carbons (Fsp3) is 0.667. The third kappa shape index (κ3) is 4.58. The second-order valence-electron chi connectivity index (χ2n) is 11.0. The maximum atomic E-state index is 13.0. The molecule has 1 aliphatic carbocycles. The van der Waals surface area contributed by atoms with Crippen LogP contribution in [0.4, 0.5) is 5.95 Å². The molecule has 2 saturated heterocycles. The van der Waals surface area contributed by atoms with Crippen LogP contribution in [-0.4, -0.2) is 51.0 Å². The molecule has 2 aromatic rings. The summed E-state index contributed by atoms with van der Waals surface area (Å²) < 4.78 is 2.40. The molecule has 35 heavy (non-hydrogen) atoms. The minimum atomic E-state index is 0.240. The van der Waals surface area contributed by atoms with Gasteiger partial charge in [0.15, 0.2) is 0 Å².